The van der Waals surface area contributed by atoms with E-state index in [9.17, 15) is 8.78 Å². The minimum atomic E-state index is -0.210. The number of benzene rings is 2. The number of aryl methyl sites for hydroxylation is 3. The van der Waals surface area contributed by atoms with Crippen LogP contribution >= 0.6 is 37.2 Å². The van der Waals surface area contributed by atoms with Gasteiger partial charge in [-0.3, -0.25) is 4.99 Å². The first kappa shape index (κ1) is 32.7. The Kier molecular flexibility index (Phi) is 17.6. The van der Waals surface area contributed by atoms with Crippen LogP contribution in [0, 0.1) is 11.6 Å². The lowest BCUT2D eigenvalue weighted by Gasteiger charge is -2.13. The summed E-state index contributed by atoms with van der Waals surface area (Å²) in [4.78, 5) is 11.9. The van der Waals surface area contributed by atoms with Gasteiger partial charge in [0, 0.05) is 31.5 Å². The van der Waals surface area contributed by atoms with Crippen LogP contribution in [0.4, 0.5) is 8.78 Å². The van der Waals surface area contributed by atoms with Crippen molar-refractivity contribution in [2.24, 2.45) is 4.99 Å². The maximum absolute atomic E-state index is 13.0. The van der Waals surface area contributed by atoms with E-state index in [1.165, 1.54) is 24.3 Å². The van der Waals surface area contributed by atoms with Crippen LogP contribution in [0.1, 0.15) is 36.1 Å². The normalized spacial score (nSPS) is 10.5. The van der Waals surface area contributed by atoms with Gasteiger partial charge in [0.2, 0.25) is 0 Å². The minimum absolute atomic E-state index is 0. The topological polar surface area (TPSA) is 65.1 Å². The Balaban J connectivity index is 0.00000385. The van der Waals surface area contributed by atoms with Gasteiger partial charge in [0.15, 0.2) is 5.96 Å². The molecule has 0 bridgehead atoms. The maximum Gasteiger partial charge on any atom is 0.191 e. The van der Waals surface area contributed by atoms with Crippen LogP contribution in [0.15, 0.2) is 66.0 Å². The fraction of sp³-hybridized carbons (Fsp3) is 0.360. The van der Waals surface area contributed by atoms with E-state index in [-0.39, 0.29) is 48.9 Å². The van der Waals surface area contributed by atoms with Crippen molar-refractivity contribution in [1.82, 2.24) is 20.6 Å². The number of aliphatic imine (C=N–C) groups is 1. The maximum atomic E-state index is 13.0. The molecular formula is C25H34Cl3F2N5. The molecule has 0 fully saturated rings. The third-order valence-corrected chi connectivity index (χ3v) is 5.12. The predicted octanol–water partition coefficient (Wildman–Crippen LogP) is 5.69. The quantitative estimate of drug-likeness (QED) is 0.155. The van der Waals surface area contributed by atoms with Gasteiger partial charge in [-0.1, -0.05) is 24.3 Å². The molecular weight excluding hydrogens is 515 g/mol. The largest absolute Gasteiger partial charge is 0.356 e. The van der Waals surface area contributed by atoms with Crippen molar-refractivity contribution in [1.29, 1.82) is 0 Å². The van der Waals surface area contributed by atoms with E-state index in [4.69, 9.17) is 4.99 Å². The molecule has 3 N–H and O–H groups in total. The summed E-state index contributed by atoms with van der Waals surface area (Å²) in [5.74, 6) is 0.382. The number of nitrogens with zero attached hydrogens (tertiary/aromatic N) is 2. The number of guanidine groups is 1. The van der Waals surface area contributed by atoms with Crippen molar-refractivity contribution in [3.05, 3.63) is 89.5 Å². The predicted molar refractivity (Wildman–Crippen MR) is 146 cm³/mol. The molecule has 0 saturated heterocycles. The van der Waals surface area contributed by atoms with E-state index in [2.05, 4.69) is 20.6 Å². The van der Waals surface area contributed by atoms with Crippen LogP contribution in [0.3, 0.4) is 0 Å². The lowest BCUT2D eigenvalue weighted by atomic mass is 10.1. The average Bonchev–Trinajstić information content (AvgIpc) is 3.32. The van der Waals surface area contributed by atoms with Crippen molar-refractivity contribution in [3.63, 3.8) is 0 Å². The van der Waals surface area contributed by atoms with Gasteiger partial charge < -0.3 is 15.6 Å². The lowest BCUT2D eigenvalue weighted by Crippen LogP contribution is -2.38. The fourth-order valence-electron chi connectivity index (χ4n) is 3.36. The molecule has 1 aromatic heterocycles. The van der Waals surface area contributed by atoms with Crippen LogP contribution in [-0.4, -0.2) is 35.6 Å². The lowest BCUT2D eigenvalue weighted by molar-refractivity contribution is 0.626. The monoisotopic (exact) mass is 547 g/mol. The Bertz CT molecular complexity index is 937. The summed E-state index contributed by atoms with van der Waals surface area (Å²) < 4.78 is 26.1. The molecule has 0 atom stereocenters. The molecule has 194 valence electrons. The number of imidazole rings is 1. The van der Waals surface area contributed by atoms with Gasteiger partial charge in [0.05, 0.1) is 6.33 Å². The van der Waals surface area contributed by atoms with Crippen LogP contribution in [-0.2, 0) is 19.3 Å². The van der Waals surface area contributed by atoms with Gasteiger partial charge in [-0.05, 0) is 73.9 Å². The number of rotatable bonds is 12. The summed E-state index contributed by atoms with van der Waals surface area (Å²) in [5, 5.41) is 6.80. The Morgan fingerprint density at radius 3 is 1.77 bits per heavy atom. The standard InChI is InChI=1S/C25H31F2N5.3ClH/c26-22-11-7-20(8-12-22)4-1-15-29-25(31-17-3-6-24-18-28-19-32-24)30-16-2-5-21-9-13-23(27)14-10-21;;;/h7-14,18-19H,1-6,15-17H2,(H,28,32)(H2,29,30,31);3*1H. The Morgan fingerprint density at radius 2 is 1.26 bits per heavy atom. The molecule has 10 heteroatoms. The van der Waals surface area contributed by atoms with Crippen molar-refractivity contribution in [3.8, 4) is 0 Å². The van der Waals surface area contributed by atoms with Gasteiger partial charge in [-0.2, -0.15) is 0 Å². The minimum Gasteiger partial charge on any atom is -0.356 e. The number of hydrogen-bond acceptors (Lipinski definition) is 2. The van der Waals surface area contributed by atoms with Crippen LogP contribution < -0.4 is 10.6 Å². The summed E-state index contributed by atoms with van der Waals surface area (Å²) in [6.45, 7) is 2.27. The third kappa shape index (κ3) is 13.4. The molecule has 0 radical (unpaired) electrons. The smallest absolute Gasteiger partial charge is 0.191 e. The van der Waals surface area contributed by atoms with E-state index in [0.717, 1.165) is 74.4 Å². The third-order valence-electron chi connectivity index (χ3n) is 5.12. The highest BCUT2D eigenvalue weighted by Gasteiger charge is 2.01. The molecule has 0 amide bonds. The zero-order valence-electron chi connectivity index (χ0n) is 19.5. The molecule has 2 aromatic carbocycles. The number of hydrogen-bond donors (Lipinski definition) is 3. The Morgan fingerprint density at radius 1 is 0.743 bits per heavy atom. The molecule has 0 aliphatic rings. The van der Waals surface area contributed by atoms with Crippen molar-refractivity contribution in [2.45, 2.75) is 38.5 Å². The van der Waals surface area contributed by atoms with Gasteiger partial charge in [0.1, 0.15) is 11.6 Å². The number of halogens is 5. The molecule has 35 heavy (non-hydrogen) atoms. The number of H-pyrrole nitrogens is 1. The second-order valence-corrected chi connectivity index (χ2v) is 7.72. The molecule has 5 nitrogen and oxygen atoms in total. The molecule has 0 aliphatic heterocycles. The highest BCUT2D eigenvalue weighted by atomic mass is 35.5. The zero-order chi connectivity index (χ0) is 22.4. The summed E-state index contributed by atoms with van der Waals surface area (Å²) in [6.07, 6.45) is 8.99. The Labute approximate surface area is 224 Å². The SMILES string of the molecule is Cl.Cl.Cl.Fc1ccc(CCCN=C(NCCCc2ccc(F)cc2)NCCCc2cnc[nH]2)cc1. The van der Waals surface area contributed by atoms with Crippen molar-refractivity contribution >= 4 is 43.2 Å². The first-order chi connectivity index (χ1) is 15.7. The average molecular weight is 549 g/mol. The van der Waals surface area contributed by atoms with E-state index in [0.29, 0.717) is 6.54 Å². The highest BCUT2D eigenvalue weighted by molar-refractivity contribution is 5.86. The van der Waals surface area contributed by atoms with Crippen molar-refractivity contribution < 1.29 is 8.78 Å². The fourth-order valence-corrected chi connectivity index (χ4v) is 3.36. The van der Waals surface area contributed by atoms with E-state index in [1.54, 1.807) is 6.33 Å². The molecule has 3 rings (SSSR count). The van der Waals surface area contributed by atoms with Gasteiger partial charge in [-0.15, -0.1) is 37.2 Å². The summed E-state index contributed by atoms with van der Waals surface area (Å²) in [5.41, 5.74) is 3.36. The zero-order valence-corrected chi connectivity index (χ0v) is 22.0. The second-order valence-electron chi connectivity index (χ2n) is 7.72. The molecule has 3 aromatic rings. The van der Waals surface area contributed by atoms with E-state index < -0.39 is 0 Å². The van der Waals surface area contributed by atoms with Crippen LogP contribution in [0.25, 0.3) is 0 Å². The summed E-state index contributed by atoms with van der Waals surface area (Å²) in [6, 6.07) is 13.3. The van der Waals surface area contributed by atoms with Crippen LogP contribution in [0.5, 0.6) is 0 Å². The molecule has 1 heterocycles. The molecule has 0 spiro atoms. The highest BCUT2D eigenvalue weighted by Crippen LogP contribution is 2.06. The van der Waals surface area contributed by atoms with Gasteiger partial charge in [0.25, 0.3) is 0 Å². The number of nitrogens with one attached hydrogen (secondary N) is 3. The van der Waals surface area contributed by atoms with E-state index >= 15 is 0 Å². The second kappa shape index (κ2) is 18.9. The van der Waals surface area contributed by atoms with Gasteiger partial charge >= 0.3 is 0 Å². The summed E-state index contributed by atoms with van der Waals surface area (Å²) in [7, 11) is 0. The number of aromatic amines is 1. The number of aromatic nitrogens is 2. The summed E-state index contributed by atoms with van der Waals surface area (Å²) >= 11 is 0. The first-order valence-corrected chi connectivity index (χ1v) is 11.2. The molecule has 0 saturated carbocycles. The molecule has 0 aliphatic carbocycles. The van der Waals surface area contributed by atoms with Crippen molar-refractivity contribution in [2.75, 3.05) is 19.6 Å². The Hall–Kier alpha value is -2.35. The first-order valence-electron chi connectivity index (χ1n) is 11.2. The molecule has 0 unspecified atom stereocenters. The van der Waals surface area contributed by atoms with Gasteiger partial charge in [-0.25, -0.2) is 13.8 Å². The van der Waals surface area contributed by atoms with Crippen LogP contribution in [0.2, 0.25) is 0 Å². The van der Waals surface area contributed by atoms with E-state index in [1.807, 2.05) is 30.5 Å².